The Morgan fingerprint density at radius 2 is 2.31 bits per heavy atom. The Kier molecular flexibility index (Phi) is 2.03. The summed E-state index contributed by atoms with van der Waals surface area (Å²) in [7, 11) is 0. The van der Waals surface area contributed by atoms with Crippen LogP contribution in [0.5, 0.6) is 0 Å². The van der Waals surface area contributed by atoms with Crippen molar-refractivity contribution in [3.05, 3.63) is 23.3 Å². The predicted molar refractivity (Wildman–Crippen MR) is 57.7 cm³/mol. The van der Waals surface area contributed by atoms with Crippen LogP contribution in [0.25, 0.3) is 22.4 Å². The number of aryl methyl sites for hydroxylation is 1. The molecule has 0 amide bonds. The minimum atomic E-state index is 0.415. The molecular weight excluding hydrogens is 226 g/mol. The largest absolute Gasteiger partial charge is 0.333 e. The van der Waals surface area contributed by atoms with Crippen LogP contribution in [-0.4, -0.2) is 25.3 Å². The molecule has 0 aliphatic heterocycles. The van der Waals surface area contributed by atoms with Crippen LogP contribution in [0.3, 0.4) is 0 Å². The molecule has 0 atom stereocenters. The topological polar surface area (TPSA) is 80.5 Å². The molecule has 3 aromatic heterocycles. The Bertz CT molecular complexity index is 597. The first kappa shape index (κ1) is 9.22. The number of hydrogen-bond donors (Lipinski definition) is 1. The van der Waals surface area contributed by atoms with Gasteiger partial charge >= 0.3 is 0 Å². The number of aromatic amines is 1. The lowest BCUT2D eigenvalue weighted by Crippen LogP contribution is -1.82. The molecule has 0 unspecified atom stereocenters. The highest BCUT2D eigenvalue weighted by Crippen LogP contribution is 2.27. The number of hydrogen-bond acceptors (Lipinski definition) is 6. The molecule has 0 aliphatic carbocycles. The highest BCUT2D eigenvalue weighted by atomic mass is 32.1. The summed E-state index contributed by atoms with van der Waals surface area (Å²) in [6.07, 6.45) is 1.40. The van der Waals surface area contributed by atoms with Crippen LogP contribution in [0.15, 0.2) is 23.0 Å². The number of H-pyrrole nitrogens is 1. The SMILES string of the molecule is Cc1ccc(-c2nc(-c3ncn[nH]3)no2)s1. The summed E-state index contributed by atoms with van der Waals surface area (Å²) < 4.78 is 5.15. The summed E-state index contributed by atoms with van der Waals surface area (Å²) in [5.41, 5.74) is 0. The average Bonchev–Trinajstić information content (AvgIpc) is 2.97. The van der Waals surface area contributed by atoms with Gasteiger partial charge in [-0.2, -0.15) is 10.1 Å². The molecule has 1 N–H and O–H groups in total. The fourth-order valence-corrected chi connectivity index (χ4v) is 2.07. The van der Waals surface area contributed by atoms with Crippen LogP contribution >= 0.6 is 11.3 Å². The molecule has 0 aromatic carbocycles. The van der Waals surface area contributed by atoms with Gasteiger partial charge in [0.05, 0.1) is 4.88 Å². The Morgan fingerprint density at radius 1 is 1.38 bits per heavy atom. The quantitative estimate of drug-likeness (QED) is 0.731. The molecule has 0 saturated carbocycles. The fourth-order valence-electron chi connectivity index (χ4n) is 1.28. The average molecular weight is 233 g/mol. The lowest BCUT2D eigenvalue weighted by molar-refractivity contribution is 0.433. The third-order valence-corrected chi connectivity index (χ3v) is 2.99. The first-order chi connectivity index (χ1) is 7.83. The van der Waals surface area contributed by atoms with E-state index in [1.165, 1.54) is 11.2 Å². The zero-order valence-corrected chi connectivity index (χ0v) is 9.15. The minimum Gasteiger partial charge on any atom is -0.333 e. The molecule has 3 aromatic rings. The van der Waals surface area contributed by atoms with Gasteiger partial charge < -0.3 is 4.52 Å². The van der Waals surface area contributed by atoms with Crippen molar-refractivity contribution in [1.82, 2.24) is 25.3 Å². The van der Waals surface area contributed by atoms with E-state index >= 15 is 0 Å². The van der Waals surface area contributed by atoms with Crippen molar-refractivity contribution in [1.29, 1.82) is 0 Å². The summed E-state index contributed by atoms with van der Waals surface area (Å²) >= 11 is 1.61. The van der Waals surface area contributed by atoms with Gasteiger partial charge in [0, 0.05) is 4.88 Å². The molecule has 80 valence electrons. The zero-order chi connectivity index (χ0) is 11.0. The van der Waals surface area contributed by atoms with Gasteiger partial charge in [-0.05, 0) is 19.1 Å². The van der Waals surface area contributed by atoms with Crippen molar-refractivity contribution in [2.45, 2.75) is 6.92 Å². The standard InChI is InChI=1S/C9H7N5OS/c1-5-2-3-6(16-5)9-12-8(14-15-9)7-10-4-11-13-7/h2-4H,1H3,(H,10,11,13). The molecule has 3 heterocycles. The lowest BCUT2D eigenvalue weighted by atomic mass is 10.4. The van der Waals surface area contributed by atoms with Gasteiger partial charge in [-0.15, -0.1) is 11.3 Å². The second kappa shape index (κ2) is 3.53. The maximum absolute atomic E-state index is 5.15. The van der Waals surface area contributed by atoms with Crippen LogP contribution < -0.4 is 0 Å². The van der Waals surface area contributed by atoms with Gasteiger partial charge in [0.2, 0.25) is 5.82 Å². The highest BCUT2D eigenvalue weighted by molar-refractivity contribution is 7.15. The number of nitrogens with one attached hydrogen (secondary N) is 1. The Balaban J connectivity index is 2.00. The third kappa shape index (κ3) is 1.50. The van der Waals surface area contributed by atoms with Gasteiger partial charge in [0.1, 0.15) is 6.33 Å². The summed E-state index contributed by atoms with van der Waals surface area (Å²) in [4.78, 5) is 10.3. The molecule has 0 bridgehead atoms. The first-order valence-corrected chi connectivity index (χ1v) is 5.41. The molecule has 0 spiro atoms. The number of thiophene rings is 1. The molecule has 16 heavy (non-hydrogen) atoms. The van der Waals surface area contributed by atoms with E-state index in [-0.39, 0.29) is 0 Å². The minimum absolute atomic E-state index is 0.415. The molecule has 6 nitrogen and oxygen atoms in total. The van der Waals surface area contributed by atoms with E-state index in [4.69, 9.17) is 4.52 Å². The maximum atomic E-state index is 5.15. The van der Waals surface area contributed by atoms with E-state index in [1.54, 1.807) is 11.3 Å². The van der Waals surface area contributed by atoms with Crippen molar-refractivity contribution >= 4 is 11.3 Å². The lowest BCUT2D eigenvalue weighted by Gasteiger charge is -1.83. The van der Waals surface area contributed by atoms with Crippen molar-refractivity contribution in [2.75, 3.05) is 0 Å². The van der Waals surface area contributed by atoms with Crippen molar-refractivity contribution < 1.29 is 4.52 Å². The van der Waals surface area contributed by atoms with Crippen LogP contribution in [0.2, 0.25) is 0 Å². The molecule has 0 fully saturated rings. The number of nitrogens with zero attached hydrogens (tertiary/aromatic N) is 4. The van der Waals surface area contributed by atoms with E-state index in [9.17, 15) is 0 Å². The second-order valence-corrected chi connectivity index (χ2v) is 4.46. The van der Waals surface area contributed by atoms with Crippen molar-refractivity contribution in [3.63, 3.8) is 0 Å². The summed E-state index contributed by atoms with van der Waals surface area (Å²) in [6.45, 7) is 2.03. The van der Waals surface area contributed by atoms with E-state index in [0.717, 1.165) is 4.88 Å². The second-order valence-electron chi connectivity index (χ2n) is 3.17. The Morgan fingerprint density at radius 3 is 3.00 bits per heavy atom. The van der Waals surface area contributed by atoms with Crippen LogP contribution in [-0.2, 0) is 0 Å². The van der Waals surface area contributed by atoms with Crippen LogP contribution in [0.1, 0.15) is 4.88 Å². The number of aromatic nitrogens is 5. The smallest absolute Gasteiger partial charge is 0.268 e. The predicted octanol–water partition coefficient (Wildman–Crippen LogP) is 1.89. The Hall–Kier alpha value is -2.02. The summed E-state index contributed by atoms with van der Waals surface area (Å²) in [5, 5.41) is 10.2. The van der Waals surface area contributed by atoms with Crippen molar-refractivity contribution in [3.8, 4) is 22.4 Å². The first-order valence-electron chi connectivity index (χ1n) is 4.59. The molecular formula is C9H7N5OS. The molecule has 0 saturated heterocycles. The van der Waals surface area contributed by atoms with Gasteiger partial charge in [-0.3, -0.25) is 5.10 Å². The van der Waals surface area contributed by atoms with E-state index in [0.29, 0.717) is 17.5 Å². The normalized spacial score (nSPS) is 10.8. The molecule has 7 heteroatoms. The molecule has 0 radical (unpaired) electrons. The highest BCUT2D eigenvalue weighted by Gasteiger charge is 2.13. The number of rotatable bonds is 2. The van der Waals surface area contributed by atoms with Crippen LogP contribution in [0, 0.1) is 6.92 Å². The van der Waals surface area contributed by atoms with Crippen LogP contribution in [0.4, 0.5) is 0 Å². The van der Waals surface area contributed by atoms with E-state index < -0.39 is 0 Å². The van der Waals surface area contributed by atoms with E-state index in [2.05, 4.69) is 25.3 Å². The third-order valence-electron chi connectivity index (χ3n) is 2.00. The van der Waals surface area contributed by atoms with Gasteiger partial charge in [0.15, 0.2) is 5.82 Å². The van der Waals surface area contributed by atoms with E-state index in [1.807, 2.05) is 19.1 Å². The maximum Gasteiger partial charge on any atom is 0.268 e. The molecule has 3 rings (SSSR count). The molecule has 0 aliphatic rings. The Labute approximate surface area is 94.4 Å². The van der Waals surface area contributed by atoms with Gasteiger partial charge in [0.25, 0.3) is 5.89 Å². The fraction of sp³-hybridized carbons (Fsp3) is 0.111. The van der Waals surface area contributed by atoms with Crippen molar-refractivity contribution in [2.24, 2.45) is 0 Å². The van der Waals surface area contributed by atoms with Gasteiger partial charge in [-0.25, -0.2) is 4.98 Å². The monoisotopic (exact) mass is 233 g/mol. The summed E-state index contributed by atoms with van der Waals surface area (Å²) in [6, 6.07) is 3.97. The zero-order valence-electron chi connectivity index (χ0n) is 8.34. The summed E-state index contributed by atoms with van der Waals surface area (Å²) in [5.74, 6) is 1.42. The van der Waals surface area contributed by atoms with Gasteiger partial charge in [-0.1, -0.05) is 5.16 Å².